The van der Waals surface area contributed by atoms with Crippen LogP contribution in [0.1, 0.15) is 31.7 Å². The molecule has 0 radical (unpaired) electrons. The second-order valence-electron chi connectivity index (χ2n) is 4.47. The monoisotopic (exact) mass is 286 g/mol. The molecule has 1 aliphatic rings. The van der Waals surface area contributed by atoms with Crippen LogP contribution < -0.4 is 0 Å². The molecule has 0 atom stereocenters. The maximum Gasteiger partial charge on any atom is 0.313 e. The number of thioether (sulfide) groups is 2. The maximum absolute atomic E-state index is 10.6. The Bertz CT molecular complexity index is 401. The standard InChI is InChI=1S/C12H18N2O2S2/c1-17-10-4-2-9(3-5-10)14-7-6-13-12(14)18-8-11(15)16/h6-7,9-10H,2-5,8H2,1H3,(H,15,16). The number of nitrogens with zero attached hydrogens (tertiary/aromatic N) is 2. The summed E-state index contributed by atoms with van der Waals surface area (Å²) in [4.78, 5) is 14.9. The van der Waals surface area contributed by atoms with E-state index in [9.17, 15) is 4.79 Å². The third-order valence-corrected chi connectivity index (χ3v) is 5.43. The molecule has 1 N–H and O–H groups in total. The largest absolute Gasteiger partial charge is 0.481 e. The van der Waals surface area contributed by atoms with E-state index in [4.69, 9.17) is 5.11 Å². The highest BCUT2D eigenvalue weighted by Gasteiger charge is 2.23. The van der Waals surface area contributed by atoms with Crippen molar-refractivity contribution in [1.82, 2.24) is 9.55 Å². The minimum Gasteiger partial charge on any atom is -0.481 e. The van der Waals surface area contributed by atoms with Crippen LogP contribution in [0.25, 0.3) is 0 Å². The third kappa shape index (κ3) is 3.45. The molecule has 0 amide bonds. The number of imidazole rings is 1. The predicted octanol–water partition coefficient (Wildman–Crippen LogP) is 2.91. The van der Waals surface area contributed by atoms with Crippen molar-refractivity contribution in [2.75, 3.05) is 12.0 Å². The summed E-state index contributed by atoms with van der Waals surface area (Å²) in [6, 6.07) is 0.493. The third-order valence-electron chi connectivity index (χ3n) is 3.33. The van der Waals surface area contributed by atoms with Gasteiger partial charge in [0.05, 0.1) is 5.75 Å². The molecule has 1 saturated carbocycles. The molecule has 4 nitrogen and oxygen atoms in total. The Labute approximate surface area is 116 Å². The van der Waals surface area contributed by atoms with Gasteiger partial charge in [0.15, 0.2) is 5.16 Å². The first-order chi connectivity index (χ1) is 8.70. The highest BCUT2D eigenvalue weighted by atomic mass is 32.2. The number of carboxylic acid groups (broad SMARTS) is 1. The van der Waals surface area contributed by atoms with Crippen molar-refractivity contribution < 1.29 is 9.90 Å². The summed E-state index contributed by atoms with van der Waals surface area (Å²) in [5.74, 6) is -0.711. The molecule has 6 heteroatoms. The molecule has 1 heterocycles. The van der Waals surface area contributed by atoms with Gasteiger partial charge in [0, 0.05) is 23.7 Å². The van der Waals surface area contributed by atoms with Crippen LogP contribution in [-0.4, -0.2) is 37.9 Å². The number of rotatable bonds is 5. The number of hydrogen-bond acceptors (Lipinski definition) is 4. The lowest BCUT2D eigenvalue weighted by Crippen LogP contribution is -2.19. The summed E-state index contributed by atoms with van der Waals surface area (Å²) >= 11 is 3.26. The Hall–Kier alpha value is -0.620. The molecule has 0 unspecified atom stereocenters. The minimum atomic E-state index is -0.791. The van der Waals surface area contributed by atoms with Crippen LogP contribution in [0.3, 0.4) is 0 Å². The first kappa shape index (κ1) is 13.8. The van der Waals surface area contributed by atoms with Crippen LogP contribution in [0.15, 0.2) is 17.6 Å². The van der Waals surface area contributed by atoms with Gasteiger partial charge >= 0.3 is 5.97 Å². The maximum atomic E-state index is 10.6. The van der Waals surface area contributed by atoms with Gasteiger partial charge in [-0.1, -0.05) is 11.8 Å². The molecule has 1 fully saturated rings. The van der Waals surface area contributed by atoms with Crippen LogP contribution in [0, 0.1) is 0 Å². The van der Waals surface area contributed by atoms with Crippen LogP contribution in [0.5, 0.6) is 0 Å². The van der Waals surface area contributed by atoms with Gasteiger partial charge in [0.25, 0.3) is 0 Å². The number of carbonyl (C=O) groups is 1. The van der Waals surface area contributed by atoms with Gasteiger partial charge < -0.3 is 9.67 Å². The van der Waals surface area contributed by atoms with Gasteiger partial charge in [-0.15, -0.1) is 0 Å². The number of aromatic nitrogens is 2. The lowest BCUT2D eigenvalue weighted by molar-refractivity contribution is -0.133. The van der Waals surface area contributed by atoms with E-state index in [0.29, 0.717) is 6.04 Å². The van der Waals surface area contributed by atoms with Gasteiger partial charge in [-0.2, -0.15) is 11.8 Å². The number of aliphatic carboxylic acids is 1. The van der Waals surface area contributed by atoms with E-state index in [1.54, 1.807) is 6.20 Å². The summed E-state index contributed by atoms with van der Waals surface area (Å²) < 4.78 is 2.16. The molecule has 1 aromatic heterocycles. The van der Waals surface area contributed by atoms with Crippen molar-refractivity contribution in [3.63, 3.8) is 0 Å². The quantitative estimate of drug-likeness (QED) is 0.843. The van der Waals surface area contributed by atoms with Gasteiger partial charge in [-0.05, 0) is 31.9 Å². The second kappa shape index (κ2) is 6.52. The summed E-state index contributed by atoms with van der Waals surface area (Å²) in [7, 11) is 0. The van der Waals surface area contributed by atoms with E-state index >= 15 is 0 Å². The first-order valence-electron chi connectivity index (χ1n) is 6.11. The average Bonchev–Trinajstić information content (AvgIpc) is 2.85. The molecule has 2 rings (SSSR count). The van der Waals surface area contributed by atoms with Crippen molar-refractivity contribution in [1.29, 1.82) is 0 Å². The highest BCUT2D eigenvalue weighted by molar-refractivity contribution is 7.99. The van der Waals surface area contributed by atoms with Crippen molar-refractivity contribution in [2.45, 2.75) is 42.1 Å². The van der Waals surface area contributed by atoms with Crippen LogP contribution in [0.4, 0.5) is 0 Å². The summed E-state index contributed by atoms with van der Waals surface area (Å²) in [5, 5.41) is 10.3. The Kier molecular flexibility index (Phi) is 5.00. The molecule has 0 bridgehead atoms. The molecule has 1 aliphatic carbocycles. The molecule has 0 aromatic carbocycles. The van der Waals surface area contributed by atoms with Crippen LogP contribution in [0.2, 0.25) is 0 Å². The predicted molar refractivity (Wildman–Crippen MR) is 75.4 cm³/mol. The van der Waals surface area contributed by atoms with E-state index in [1.165, 1.54) is 37.4 Å². The lowest BCUT2D eigenvalue weighted by atomic mass is 9.95. The molecular weight excluding hydrogens is 268 g/mol. The molecular formula is C12H18N2O2S2. The Morgan fingerprint density at radius 1 is 1.50 bits per heavy atom. The number of hydrogen-bond donors (Lipinski definition) is 1. The summed E-state index contributed by atoms with van der Waals surface area (Å²) in [6.07, 6.45) is 10.8. The second-order valence-corrected chi connectivity index (χ2v) is 6.55. The smallest absolute Gasteiger partial charge is 0.313 e. The van der Waals surface area contributed by atoms with Gasteiger partial charge in [0.2, 0.25) is 0 Å². The van der Waals surface area contributed by atoms with E-state index in [-0.39, 0.29) is 5.75 Å². The normalized spacial score (nSPS) is 24.1. The summed E-state index contributed by atoms with van der Waals surface area (Å²) in [5.41, 5.74) is 0. The Morgan fingerprint density at radius 2 is 2.22 bits per heavy atom. The van der Waals surface area contributed by atoms with Gasteiger partial charge in [-0.25, -0.2) is 4.98 Å². The molecule has 0 saturated heterocycles. The van der Waals surface area contributed by atoms with Crippen molar-refractivity contribution in [3.05, 3.63) is 12.4 Å². The minimum absolute atomic E-state index is 0.0805. The fourth-order valence-electron chi connectivity index (χ4n) is 2.37. The van der Waals surface area contributed by atoms with Crippen molar-refractivity contribution >= 4 is 29.5 Å². The summed E-state index contributed by atoms with van der Waals surface area (Å²) in [6.45, 7) is 0. The Balaban J connectivity index is 1.96. The zero-order chi connectivity index (χ0) is 13.0. The van der Waals surface area contributed by atoms with E-state index in [2.05, 4.69) is 15.8 Å². The molecule has 18 heavy (non-hydrogen) atoms. The first-order valence-corrected chi connectivity index (χ1v) is 8.38. The fourth-order valence-corrected chi connectivity index (χ4v) is 3.86. The van der Waals surface area contributed by atoms with Crippen molar-refractivity contribution in [3.8, 4) is 0 Å². The zero-order valence-corrected chi connectivity index (χ0v) is 12.0. The molecule has 1 aromatic rings. The van der Waals surface area contributed by atoms with E-state index in [1.807, 2.05) is 18.0 Å². The van der Waals surface area contributed by atoms with E-state index in [0.717, 1.165) is 10.4 Å². The average molecular weight is 286 g/mol. The fraction of sp³-hybridized carbons (Fsp3) is 0.667. The molecule has 0 spiro atoms. The SMILES string of the molecule is CSC1CCC(n2ccnc2SCC(=O)O)CC1. The van der Waals surface area contributed by atoms with Crippen LogP contribution >= 0.6 is 23.5 Å². The zero-order valence-electron chi connectivity index (χ0n) is 10.4. The highest BCUT2D eigenvalue weighted by Crippen LogP contribution is 2.35. The lowest BCUT2D eigenvalue weighted by Gasteiger charge is -2.29. The topological polar surface area (TPSA) is 55.1 Å². The number of carboxylic acids is 1. The van der Waals surface area contributed by atoms with Gasteiger partial charge in [0.1, 0.15) is 0 Å². The molecule has 0 aliphatic heterocycles. The molecule has 100 valence electrons. The van der Waals surface area contributed by atoms with E-state index < -0.39 is 5.97 Å². The van der Waals surface area contributed by atoms with Crippen molar-refractivity contribution in [2.24, 2.45) is 0 Å². The van der Waals surface area contributed by atoms with Gasteiger partial charge in [-0.3, -0.25) is 4.79 Å². The van der Waals surface area contributed by atoms with Crippen LogP contribution in [-0.2, 0) is 4.79 Å². The Morgan fingerprint density at radius 3 is 2.83 bits per heavy atom.